The Hall–Kier alpha value is -1.97. The van der Waals surface area contributed by atoms with Crippen LogP contribution in [0, 0.1) is 0 Å². The predicted molar refractivity (Wildman–Crippen MR) is 51.5 cm³/mol. The van der Waals surface area contributed by atoms with Crippen molar-refractivity contribution < 1.29 is 15.0 Å². The van der Waals surface area contributed by atoms with E-state index in [4.69, 9.17) is 5.11 Å². The third-order valence-corrected chi connectivity index (χ3v) is 2.18. The normalized spacial score (nSPS) is 10.6. The maximum atomic E-state index is 10.9. The molecule has 0 radical (unpaired) electrons. The molecule has 4 heteroatoms. The molecule has 0 saturated carbocycles. The molecule has 2 rings (SSSR count). The largest absolute Gasteiger partial charge is 0.508 e. The van der Waals surface area contributed by atoms with Gasteiger partial charge in [-0.2, -0.15) is 0 Å². The first-order chi connectivity index (χ1) is 6.59. The molecule has 2 N–H and O–H groups in total. The van der Waals surface area contributed by atoms with Gasteiger partial charge < -0.3 is 14.8 Å². The molecule has 0 aliphatic heterocycles. The number of rotatable bonds is 1. The summed E-state index contributed by atoms with van der Waals surface area (Å²) in [7, 11) is 1.77. The van der Waals surface area contributed by atoms with Crippen LogP contribution in [0.15, 0.2) is 24.4 Å². The number of aromatic nitrogens is 1. The highest BCUT2D eigenvalue weighted by Crippen LogP contribution is 2.25. The third kappa shape index (κ3) is 1.12. The Morgan fingerprint density at radius 3 is 2.79 bits per heavy atom. The average molecular weight is 191 g/mol. The van der Waals surface area contributed by atoms with Crippen LogP contribution in [0.2, 0.25) is 0 Å². The van der Waals surface area contributed by atoms with Crippen LogP contribution >= 0.6 is 0 Å². The van der Waals surface area contributed by atoms with E-state index in [1.54, 1.807) is 29.9 Å². The molecule has 0 saturated heterocycles. The molecule has 0 aliphatic carbocycles. The van der Waals surface area contributed by atoms with Crippen LogP contribution in [0.3, 0.4) is 0 Å². The Balaban J connectivity index is 2.90. The van der Waals surface area contributed by atoms with Gasteiger partial charge in [-0.05, 0) is 18.2 Å². The second kappa shape index (κ2) is 2.77. The van der Waals surface area contributed by atoms with Crippen LogP contribution in [-0.4, -0.2) is 20.7 Å². The Morgan fingerprint density at radius 1 is 1.43 bits per heavy atom. The minimum Gasteiger partial charge on any atom is -0.508 e. The van der Waals surface area contributed by atoms with Crippen LogP contribution < -0.4 is 0 Å². The Bertz CT molecular complexity index is 513. The molecule has 72 valence electrons. The number of aryl methyl sites for hydroxylation is 1. The lowest BCUT2D eigenvalue weighted by Gasteiger charge is -2.02. The van der Waals surface area contributed by atoms with Crippen molar-refractivity contribution in [3.63, 3.8) is 0 Å². The molecule has 0 atom stereocenters. The molecular formula is C10H9NO3. The molecule has 1 aromatic heterocycles. The van der Waals surface area contributed by atoms with Gasteiger partial charge in [0.05, 0.1) is 11.1 Å². The van der Waals surface area contributed by atoms with E-state index in [1.165, 1.54) is 6.07 Å². The smallest absolute Gasteiger partial charge is 0.337 e. The molecule has 1 aromatic carbocycles. The zero-order chi connectivity index (χ0) is 10.3. The van der Waals surface area contributed by atoms with Gasteiger partial charge in [-0.1, -0.05) is 0 Å². The number of carboxylic acid groups (broad SMARTS) is 1. The van der Waals surface area contributed by atoms with E-state index in [1.807, 2.05) is 0 Å². The quantitative estimate of drug-likeness (QED) is 0.719. The van der Waals surface area contributed by atoms with E-state index < -0.39 is 5.97 Å². The number of carbonyl (C=O) groups is 1. The minimum atomic E-state index is -1.03. The molecule has 4 nitrogen and oxygen atoms in total. The first kappa shape index (κ1) is 8.62. The number of phenolic OH excluding ortho intramolecular Hbond substituents is 1. The van der Waals surface area contributed by atoms with Crippen LogP contribution in [0.4, 0.5) is 0 Å². The van der Waals surface area contributed by atoms with Gasteiger partial charge in [-0.3, -0.25) is 0 Å². The molecule has 0 amide bonds. The zero-order valence-electron chi connectivity index (χ0n) is 7.56. The van der Waals surface area contributed by atoms with Crippen LogP contribution in [0.5, 0.6) is 5.75 Å². The van der Waals surface area contributed by atoms with E-state index in [-0.39, 0.29) is 11.3 Å². The first-order valence-corrected chi connectivity index (χ1v) is 4.11. The maximum absolute atomic E-state index is 10.9. The first-order valence-electron chi connectivity index (χ1n) is 4.11. The van der Waals surface area contributed by atoms with E-state index in [2.05, 4.69) is 0 Å². The summed E-state index contributed by atoms with van der Waals surface area (Å²) in [6, 6.07) is 4.56. The summed E-state index contributed by atoms with van der Waals surface area (Å²) < 4.78 is 1.72. The fourth-order valence-electron chi connectivity index (χ4n) is 1.59. The number of aromatic hydroxyl groups is 1. The molecule has 14 heavy (non-hydrogen) atoms. The topological polar surface area (TPSA) is 62.5 Å². The number of hydrogen-bond acceptors (Lipinski definition) is 2. The van der Waals surface area contributed by atoms with Crippen LogP contribution in [0.1, 0.15) is 10.4 Å². The molecule has 0 bridgehead atoms. The van der Waals surface area contributed by atoms with Crippen LogP contribution in [-0.2, 0) is 7.05 Å². The summed E-state index contributed by atoms with van der Waals surface area (Å²) in [6.07, 6.45) is 1.76. The minimum absolute atomic E-state index is 0.0268. The highest BCUT2D eigenvalue weighted by molar-refractivity contribution is 6.03. The molecule has 0 fully saturated rings. The monoisotopic (exact) mass is 191 g/mol. The Morgan fingerprint density at radius 2 is 2.14 bits per heavy atom. The van der Waals surface area contributed by atoms with E-state index >= 15 is 0 Å². The second-order valence-electron chi connectivity index (χ2n) is 3.16. The van der Waals surface area contributed by atoms with E-state index in [9.17, 15) is 9.90 Å². The lowest BCUT2D eigenvalue weighted by atomic mass is 10.1. The zero-order valence-corrected chi connectivity index (χ0v) is 7.56. The van der Waals surface area contributed by atoms with Gasteiger partial charge in [0.2, 0.25) is 0 Å². The maximum Gasteiger partial charge on any atom is 0.337 e. The van der Waals surface area contributed by atoms with Crippen molar-refractivity contribution in [1.29, 1.82) is 0 Å². The summed E-state index contributed by atoms with van der Waals surface area (Å²) in [6.45, 7) is 0. The standard InChI is InChI=1S/C10H9NO3/c1-11-3-2-6-4-7(12)5-8(9(6)11)10(13)14/h2-5,12H,1H3,(H,13,14). The molecule has 2 aromatic rings. The van der Waals surface area contributed by atoms with Gasteiger partial charge in [0.1, 0.15) is 5.75 Å². The lowest BCUT2D eigenvalue weighted by molar-refractivity contribution is 0.0698. The van der Waals surface area contributed by atoms with Crippen molar-refractivity contribution in [2.24, 2.45) is 7.05 Å². The number of carboxylic acids is 1. The van der Waals surface area contributed by atoms with Crippen molar-refractivity contribution in [2.75, 3.05) is 0 Å². The lowest BCUT2D eigenvalue weighted by Crippen LogP contribution is -2.00. The fraction of sp³-hybridized carbons (Fsp3) is 0.100. The molecule has 0 unspecified atom stereocenters. The number of hydrogen-bond donors (Lipinski definition) is 2. The average Bonchev–Trinajstić information content (AvgIpc) is 2.46. The number of fused-ring (bicyclic) bond motifs is 1. The Kier molecular flexibility index (Phi) is 1.70. The number of benzene rings is 1. The highest BCUT2D eigenvalue weighted by atomic mass is 16.4. The van der Waals surface area contributed by atoms with Gasteiger partial charge >= 0.3 is 5.97 Å². The predicted octanol–water partition coefficient (Wildman–Crippen LogP) is 1.58. The van der Waals surface area contributed by atoms with E-state index in [0.717, 1.165) is 5.39 Å². The number of phenols is 1. The van der Waals surface area contributed by atoms with Gasteiger partial charge in [-0.25, -0.2) is 4.79 Å². The summed E-state index contributed by atoms with van der Waals surface area (Å²) in [5.41, 5.74) is 0.739. The van der Waals surface area contributed by atoms with Crippen molar-refractivity contribution >= 4 is 16.9 Å². The third-order valence-electron chi connectivity index (χ3n) is 2.18. The van der Waals surface area contributed by atoms with E-state index in [0.29, 0.717) is 5.52 Å². The molecular weight excluding hydrogens is 182 g/mol. The van der Waals surface area contributed by atoms with Gasteiger partial charge in [-0.15, -0.1) is 0 Å². The van der Waals surface area contributed by atoms with Gasteiger partial charge in [0, 0.05) is 18.6 Å². The molecule has 1 heterocycles. The van der Waals surface area contributed by atoms with Crippen molar-refractivity contribution in [2.45, 2.75) is 0 Å². The van der Waals surface area contributed by atoms with Crippen molar-refractivity contribution in [1.82, 2.24) is 4.57 Å². The number of aromatic carboxylic acids is 1. The SMILES string of the molecule is Cn1ccc2cc(O)cc(C(=O)O)c21. The molecule has 0 aliphatic rings. The number of nitrogens with zero attached hydrogens (tertiary/aromatic N) is 1. The highest BCUT2D eigenvalue weighted by Gasteiger charge is 2.12. The van der Waals surface area contributed by atoms with Crippen LogP contribution in [0.25, 0.3) is 10.9 Å². The Labute approximate surface area is 80.0 Å². The van der Waals surface area contributed by atoms with Gasteiger partial charge in [0.25, 0.3) is 0 Å². The van der Waals surface area contributed by atoms with Crippen molar-refractivity contribution in [3.05, 3.63) is 30.0 Å². The summed E-state index contributed by atoms with van der Waals surface area (Å²) in [4.78, 5) is 10.9. The fourth-order valence-corrected chi connectivity index (χ4v) is 1.59. The summed E-state index contributed by atoms with van der Waals surface area (Å²) >= 11 is 0. The molecule has 0 spiro atoms. The summed E-state index contributed by atoms with van der Waals surface area (Å²) in [5.74, 6) is -1.06. The summed E-state index contributed by atoms with van der Waals surface area (Å²) in [5, 5.41) is 18.9. The van der Waals surface area contributed by atoms with Gasteiger partial charge in [0.15, 0.2) is 0 Å². The van der Waals surface area contributed by atoms with Crippen molar-refractivity contribution in [3.8, 4) is 5.75 Å². The second-order valence-corrected chi connectivity index (χ2v) is 3.16.